The van der Waals surface area contributed by atoms with Crippen LogP contribution in [0.4, 0.5) is 10.1 Å². The average Bonchev–Trinajstić information content (AvgIpc) is 2.21. The topological polar surface area (TPSA) is 29.3 Å². The largest absolute Gasteiger partial charge is 0.398 e. The minimum atomic E-state index is -0.259. The molecule has 0 amide bonds. The van der Waals surface area contributed by atoms with Gasteiger partial charge in [0.25, 0.3) is 0 Å². The first-order chi connectivity index (χ1) is 7.96. The summed E-state index contributed by atoms with van der Waals surface area (Å²) in [5.74, 6) is -0.259. The normalized spacial score (nSPS) is 20.4. The van der Waals surface area contributed by atoms with Gasteiger partial charge < -0.3 is 5.73 Å². The third kappa shape index (κ3) is 3.19. The highest BCUT2D eigenvalue weighted by Gasteiger charge is 2.26. The molecule has 2 rings (SSSR count). The zero-order valence-electron chi connectivity index (χ0n) is 10.7. The molecular formula is C14H21FN2. The highest BCUT2D eigenvalue weighted by atomic mass is 19.1. The van der Waals surface area contributed by atoms with Crippen LogP contribution in [0.1, 0.15) is 32.3 Å². The first-order valence-corrected chi connectivity index (χ1v) is 6.23. The van der Waals surface area contributed by atoms with E-state index in [9.17, 15) is 4.39 Å². The van der Waals surface area contributed by atoms with Gasteiger partial charge in [-0.25, -0.2) is 4.39 Å². The monoisotopic (exact) mass is 236 g/mol. The predicted octanol–water partition coefficient (Wildman–Crippen LogP) is 3.03. The lowest BCUT2D eigenvalue weighted by atomic mass is 9.84. The molecule has 1 fully saturated rings. The molecule has 2 N–H and O–H groups in total. The van der Waals surface area contributed by atoms with E-state index in [0.29, 0.717) is 11.1 Å². The van der Waals surface area contributed by atoms with Crippen molar-refractivity contribution in [2.75, 3.05) is 18.8 Å². The number of piperidine rings is 1. The summed E-state index contributed by atoms with van der Waals surface area (Å²) in [5.41, 5.74) is 7.82. The van der Waals surface area contributed by atoms with Crippen molar-refractivity contribution < 1.29 is 4.39 Å². The van der Waals surface area contributed by atoms with E-state index >= 15 is 0 Å². The summed E-state index contributed by atoms with van der Waals surface area (Å²) in [6.07, 6.45) is 2.51. The molecule has 0 radical (unpaired) electrons. The van der Waals surface area contributed by atoms with Gasteiger partial charge in [-0.05, 0) is 42.5 Å². The van der Waals surface area contributed by atoms with Crippen LogP contribution >= 0.6 is 0 Å². The minimum Gasteiger partial charge on any atom is -0.398 e. The first kappa shape index (κ1) is 12.4. The lowest BCUT2D eigenvalue weighted by Gasteiger charge is -2.38. The molecular weight excluding hydrogens is 215 g/mol. The number of hydrogen-bond donors (Lipinski definition) is 1. The molecule has 2 nitrogen and oxygen atoms in total. The molecule has 1 aromatic rings. The van der Waals surface area contributed by atoms with Crippen LogP contribution in [0.3, 0.4) is 0 Å². The third-order valence-electron chi connectivity index (χ3n) is 3.48. The van der Waals surface area contributed by atoms with Gasteiger partial charge in [0.15, 0.2) is 0 Å². The zero-order valence-corrected chi connectivity index (χ0v) is 10.7. The number of likely N-dealkylation sites (tertiary alicyclic amines) is 1. The molecule has 1 aliphatic heterocycles. The third-order valence-corrected chi connectivity index (χ3v) is 3.48. The molecule has 0 aliphatic carbocycles. The van der Waals surface area contributed by atoms with Crippen molar-refractivity contribution in [3.63, 3.8) is 0 Å². The Bertz CT molecular complexity index is 401. The lowest BCUT2D eigenvalue weighted by Crippen LogP contribution is -2.39. The quantitative estimate of drug-likeness (QED) is 0.800. The summed E-state index contributed by atoms with van der Waals surface area (Å²) in [4.78, 5) is 2.41. The lowest BCUT2D eigenvalue weighted by molar-refractivity contribution is 0.112. The molecule has 94 valence electrons. The Kier molecular flexibility index (Phi) is 3.38. The highest BCUT2D eigenvalue weighted by Crippen LogP contribution is 2.29. The van der Waals surface area contributed by atoms with Gasteiger partial charge in [0.05, 0.1) is 0 Å². The van der Waals surface area contributed by atoms with Crippen molar-refractivity contribution in [1.82, 2.24) is 4.90 Å². The van der Waals surface area contributed by atoms with Gasteiger partial charge >= 0.3 is 0 Å². The number of nitrogens with zero attached hydrogens (tertiary/aromatic N) is 1. The summed E-state index contributed by atoms with van der Waals surface area (Å²) >= 11 is 0. The Balaban J connectivity index is 2.05. The van der Waals surface area contributed by atoms with Crippen LogP contribution < -0.4 is 5.73 Å². The molecule has 3 heteroatoms. The Labute approximate surface area is 103 Å². The van der Waals surface area contributed by atoms with Crippen molar-refractivity contribution in [2.45, 2.75) is 33.2 Å². The number of nitrogens with two attached hydrogens (primary N) is 1. The highest BCUT2D eigenvalue weighted by molar-refractivity contribution is 5.46. The molecule has 0 spiro atoms. The van der Waals surface area contributed by atoms with E-state index in [-0.39, 0.29) is 5.82 Å². The summed E-state index contributed by atoms with van der Waals surface area (Å²) in [6.45, 7) is 7.62. The van der Waals surface area contributed by atoms with E-state index in [0.717, 1.165) is 25.2 Å². The Morgan fingerprint density at radius 2 is 2.18 bits per heavy atom. The van der Waals surface area contributed by atoms with Crippen LogP contribution in [0, 0.1) is 11.2 Å². The summed E-state index contributed by atoms with van der Waals surface area (Å²) in [7, 11) is 0. The van der Waals surface area contributed by atoms with Crippen LogP contribution in [-0.4, -0.2) is 18.0 Å². The number of hydrogen-bond acceptors (Lipinski definition) is 2. The maximum absolute atomic E-state index is 13.0. The number of nitrogen functional groups attached to an aromatic ring is 1. The molecule has 1 aromatic carbocycles. The van der Waals surface area contributed by atoms with Crippen molar-refractivity contribution >= 4 is 5.69 Å². The van der Waals surface area contributed by atoms with E-state index < -0.39 is 0 Å². The second-order valence-electron chi connectivity index (χ2n) is 5.82. The van der Waals surface area contributed by atoms with E-state index in [1.165, 1.54) is 25.0 Å². The van der Waals surface area contributed by atoms with Crippen LogP contribution in [0.2, 0.25) is 0 Å². The van der Waals surface area contributed by atoms with Crippen molar-refractivity contribution in [3.8, 4) is 0 Å². The fraction of sp³-hybridized carbons (Fsp3) is 0.571. The molecule has 1 saturated heterocycles. The second kappa shape index (κ2) is 4.65. The summed E-state index contributed by atoms with van der Waals surface area (Å²) < 4.78 is 13.0. The molecule has 0 atom stereocenters. The van der Waals surface area contributed by atoms with Crippen LogP contribution in [0.25, 0.3) is 0 Å². The summed E-state index contributed by atoms with van der Waals surface area (Å²) in [5, 5.41) is 0. The Morgan fingerprint density at radius 1 is 1.41 bits per heavy atom. The molecule has 1 heterocycles. The van der Waals surface area contributed by atoms with E-state index in [1.807, 2.05) is 0 Å². The average molecular weight is 236 g/mol. The molecule has 0 unspecified atom stereocenters. The smallest absolute Gasteiger partial charge is 0.125 e. The standard InChI is InChI=1S/C14H21FN2/c1-14(2)6-3-7-17(10-14)9-11-4-5-12(15)8-13(11)16/h4-5,8H,3,6-7,9-10,16H2,1-2H3. The zero-order chi connectivity index (χ0) is 12.5. The van der Waals surface area contributed by atoms with Crippen LogP contribution in [0.15, 0.2) is 18.2 Å². The van der Waals surface area contributed by atoms with Crippen molar-refractivity contribution in [2.24, 2.45) is 5.41 Å². The number of benzene rings is 1. The van der Waals surface area contributed by atoms with E-state index in [4.69, 9.17) is 5.73 Å². The van der Waals surface area contributed by atoms with E-state index in [1.54, 1.807) is 6.07 Å². The van der Waals surface area contributed by atoms with Gasteiger partial charge in [-0.1, -0.05) is 19.9 Å². The molecule has 0 saturated carbocycles. The Hall–Kier alpha value is -1.09. The second-order valence-corrected chi connectivity index (χ2v) is 5.82. The fourth-order valence-electron chi connectivity index (χ4n) is 2.63. The maximum atomic E-state index is 13.0. The van der Waals surface area contributed by atoms with Gasteiger partial charge in [0.2, 0.25) is 0 Å². The van der Waals surface area contributed by atoms with E-state index in [2.05, 4.69) is 18.7 Å². The minimum absolute atomic E-state index is 0.259. The van der Waals surface area contributed by atoms with Crippen LogP contribution in [-0.2, 0) is 6.54 Å². The number of anilines is 1. The van der Waals surface area contributed by atoms with Crippen LogP contribution in [0.5, 0.6) is 0 Å². The molecule has 0 aromatic heterocycles. The van der Waals surface area contributed by atoms with Crippen molar-refractivity contribution in [3.05, 3.63) is 29.6 Å². The van der Waals surface area contributed by atoms with Crippen molar-refractivity contribution in [1.29, 1.82) is 0 Å². The van der Waals surface area contributed by atoms with Gasteiger partial charge in [0, 0.05) is 18.8 Å². The van der Waals surface area contributed by atoms with Gasteiger partial charge in [0.1, 0.15) is 5.82 Å². The summed E-state index contributed by atoms with van der Waals surface area (Å²) in [6, 6.07) is 4.69. The molecule has 1 aliphatic rings. The first-order valence-electron chi connectivity index (χ1n) is 6.23. The molecule has 17 heavy (non-hydrogen) atoms. The predicted molar refractivity (Wildman–Crippen MR) is 69.1 cm³/mol. The van der Waals surface area contributed by atoms with Gasteiger partial charge in [-0.3, -0.25) is 4.90 Å². The maximum Gasteiger partial charge on any atom is 0.125 e. The number of rotatable bonds is 2. The van der Waals surface area contributed by atoms with Gasteiger partial charge in [-0.15, -0.1) is 0 Å². The van der Waals surface area contributed by atoms with Gasteiger partial charge in [-0.2, -0.15) is 0 Å². The Morgan fingerprint density at radius 3 is 2.82 bits per heavy atom. The molecule has 0 bridgehead atoms. The fourth-order valence-corrected chi connectivity index (χ4v) is 2.63. The number of halogens is 1. The SMILES string of the molecule is CC1(C)CCCN(Cc2ccc(F)cc2N)C1.